The highest BCUT2D eigenvalue weighted by atomic mass is 127. The predicted octanol–water partition coefficient (Wildman–Crippen LogP) is 3.75. The predicted molar refractivity (Wildman–Crippen MR) is 127 cm³/mol. The summed E-state index contributed by atoms with van der Waals surface area (Å²) in [6, 6.07) is 6.28. The SMILES string of the molecule is CN=C(NCc1ccc(OC)c(C)c1)N1CCC(OCC2CCCCO2)CC1.I. The maximum absolute atomic E-state index is 6.12. The molecule has 1 aromatic carbocycles. The molecule has 0 saturated carbocycles. The van der Waals surface area contributed by atoms with Gasteiger partial charge in [0, 0.05) is 33.3 Å². The summed E-state index contributed by atoms with van der Waals surface area (Å²) in [7, 11) is 3.56. The van der Waals surface area contributed by atoms with Crippen LogP contribution in [0.3, 0.4) is 0 Å². The Morgan fingerprint density at radius 3 is 2.66 bits per heavy atom. The molecule has 0 bridgehead atoms. The minimum atomic E-state index is 0. The number of nitrogens with one attached hydrogen (secondary N) is 1. The molecule has 3 rings (SSSR count). The van der Waals surface area contributed by atoms with Crippen LogP contribution in [0.5, 0.6) is 5.75 Å². The van der Waals surface area contributed by atoms with E-state index in [1.807, 2.05) is 13.1 Å². The van der Waals surface area contributed by atoms with Gasteiger partial charge in [-0.25, -0.2) is 0 Å². The van der Waals surface area contributed by atoms with E-state index in [0.717, 1.165) is 69.4 Å². The normalized spacial score (nSPS) is 20.9. The van der Waals surface area contributed by atoms with Crippen molar-refractivity contribution in [2.45, 2.75) is 57.8 Å². The molecule has 1 aromatic rings. The van der Waals surface area contributed by atoms with Crippen LogP contribution in [0, 0.1) is 6.92 Å². The number of likely N-dealkylation sites (tertiary alicyclic amines) is 1. The number of methoxy groups -OCH3 is 1. The second kappa shape index (κ2) is 12.6. The molecule has 1 N–H and O–H groups in total. The second-order valence-electron chi connectivity index (χ2n) is 7.71. The number of ether oxygens (including phenoxy) is 3. The van der Waals surface area contributed by atoms with Crippen LogP contribution >= 0.6 is 24.0 Å². The third-order valence-corrected chi connectivity index (χ3v) is 5.66. The number of aliphatic imine (C=N–C) groups is 1. The third-order valence-electron chi connectivity index (χ3n) is 5.66. The van der Waals surface area contributed by atoms with Crippen molar-refractivity contribution < 1.29 is 14.2 Å². The molecule has 0 amide bonds. The molecule has 2 aliphatic rings. The largest absolute Gasteiger partial charge is 0.496 e. The quantitative estimate of drug-likeness (QED) is 0.354. The van der Waals surface area contributed by atoms with Crippen molar-refractivity contribution in [3.8, 4) is 5.75 Å². The van der Waals surface area contributed by atoms with E-state index >= 15 is 0 Å². The lowest BCUT2D eigenvalue weighted by Crippen LogP contribution is -2.47. The van der Waals surface area contributed by atoms with Crippen LogP contribution in [0.25, 0.3) is 0 Å². The molecule has 164 valence electrons. The molecule has 1 unspecified atom stereocenters. The fraction of sp³-hybridized carbons (Fsp3) is 0.682. The molecule has 2 aliphatic heterocycles. The summed E-state index contributed by atoms with van der Waals surface area (Å²) in [5.74, 6) is 1.89. The van der Waals surface area contributed by atoms with Crippen LogP contribution in [0.1, 0.15) is 43.2 Å². The van der Waals surface area contributed by atoms with Crippen LogP contribution in [0.15, 0.2) is 23.2 Å². The van der Waals surface area contributed by atoms with Gasteiger partial charge in [-0.1, -0.05) is 12.1 Å². The molecule has 0 aromatic heterocycles. The molecule has 0 spiro atoms. The average Bonchev–Trinajstić information content (AvgIpc) is 2.74. The number of hydrogen-bond donors (Lipinski definition) is 1. The molecule has 7 heteroatoms. The number of hydrogen-bond acceptors (Lipinski definition) is 4. The lowest BCUT2D eigenvalue weighted by Gasteiger charge is -2.35. The number of rotatable bonds is 6. The number of guanidine groups is 1. The lowest BCUT2D eigenvalue weighted by atomic mass is 10.1. The Hall–Kier alpha value is -1.06. The van der Waals surface area contributed by atoms with Crippen molar-refractivity contribution in [1.29, 1.82) is 0 Å². The summed E-state index contributed by atoms with van der Waals surface area (Å²) in [6.45, 7) is 6.40. The topological polar surface area (TPSA) is 55.3 Å². The Labute approximate surface area is 192 Å². The van der Waals surface area contributed by atoms with Crippen LogP contribution < -0.4 is 10.1 Å². The van der Waals surface area contributed by atoms with E-state index in [0.29, 0.717) is 12.2 Å². The summed E-state index contributed by atoms with van der Waals surface area (Å²) >= 11 is 0. The van der Waals surface area contributed by atoms with E-state index in [9.17, 15) is 0 Å². The standard InChI is InChI=1S/C22H35N3O3.HI/c1-17-14-18(7-8-21(17)26-3)15-24-22(23-2)25-11-9-19(10-12-25)28-16-20-6-4-5-13-27-20;/h7-8,14,19-20H,4-6,9-13,15-16H2,1-3H3,(H,23,24);1H. The van der Waals surface area contributed by atoms with Gasteiger partial charge in [0.25, 0.3) is 0 Å². The Balaban J connectivity index is 0.00000300. The highest BCUT2D eigenvalue weighted by molar-refractivity contribution is 14.0. The van der Waals surface area contributed by atoms with Crippen molar-refractivity contribution >= 4 is 29.9 Å². The van der Waals surface area contributed by atoms with Gasteiger partial charge in [0.1, 0.15) is 5.75 Å². The van der Waals surface area contributed by atoms with Gasteiger partial charge in [-0.2, -0.15) is 0 Å². The maximum atomic E-state index is 6.12. The van der Waals surface area contributed by atoms with Crippen molar-refractivity contribution in [2.24, 2.45) is 4.99 Å². The molecular weight excluding hydrogens is 481 g/mol. The Kier molecular flexibility index (Phi) is 10.5. The number of aryl methyl sites for hydroxylation is 1. The van der Waals surface area contributed by atoms with Gasteiger partial charge >= 0.3 is 0 Å². The summed E-state index contributed by atoms with van der Waals surface area (Å²) in [5.41, 5.74) is 2.38. The van der Waals surface area contributed by atoms with Crippen molar-refractivity contribution in [1.82, 2.24) is 10.2 Å². The first kappa shape index (κ1) is 24.2. The van der Waals surface area contributed by atoms with Crippen LogP contribution in [0.4, 0.5) is 0 Å². The molecule has 2 fully saturated rings. The minimum Gasteiger partial charge on any atom is -0.496 e. The molecule has 0 radical (unpaired) electrons. The summed E-state index contributed by atoms with van der Waals surface area (Å²) < 4.78 is 17.2. The van der Waals surface area contributed by atoms with Gasteiger partial charge in [0.15, 0.2) is 5.96 Å². The number of nitrogens with zero attached hydrogens (tertiary/aromatic N) is 2. The highest BCUT2D eigenvalue weighted by Crippen LogP contribution is 2.19. The number of halogens is 1. The number of benzene rings is 1. The summed E-state index contributed by atoms with van der Waals surface area (Å²) in [4.78, 5) is 6.80. The summed E-state index contributed by atoms with van der Waals surface area (Å²) in [6.07, 6.45) is 6.31. The van der Waals surface area contributed by atoms with E-state index in [4.69, 9.17) is 14.2 Å². The smallest absolute Gasteiger partial charge is 0.193 e. The van der Waals surface area contributed by atoms with Crippen LogP contribution in [-0.4, -0.2) is 63.5 Å². The Morgan fingerprint density at radius 1 is 1.24 bits per heavy atom. The molecule has 0 aliphatic carbocycles. The number of piperidine rings is 1. The molecule has 2 heterocycles. The van der Waals surface area contributed by atoms with E-state index in [1.54, 1.807) is 7.11 Å². The highest BCUT2D eigenvalue weighted by Gasteiger charge is 2.23. The van der Waals surface area contributed by atoms with Gasteiger partial charge in [-0.05, 0) is 56.2 Å². The molecule has 29 heavy (non-hydrogen) atoms. The van der Waals surface area contributed by atoms with Gasteiger partial charge in [-0.3, -0.25) is 4.99 Å². The van der Waals surface area contributed by atoms with E-state index in [2.05, 4.69) is 34.3 Å². The van der Waals surface area contributed by atoms with Gasteiger partial charge in [0.05, 0.1) is 25.9 Å². The lowest BCUT2D eigenvalue weighted by molar-refractivity contribution is -0.0721. The van der Waals surface area contributed by atoms with E-state index < -0.39 is 0 Å². The van der Waals surface area contributed by atoms with E-state index in [-0.39, 0.29) is 24.0 Å². The fourth-order valence-corrected chi connectivity index (χ4v) is 3.98. The first-order valence-corrected chi connectivity index (χ1v) is 10.5. The minimum absolute atomic E-state index is 0. The first-order chi connectivity index (χ1) is 13.7. The van der Waals surface area contributed by atoms with Gasteiger partial charge in [-0.15, -0.1) is 24.0 Å². The van der Waals surface area contributed by atoms with Crippen LogP contribution in [0.2, 0.25) is 0 Å². The van der Waals surface area contributed by atoms with Gasteiger partial charge in [0.2, 0.25) is 0 Å². The molecule has 2 saturated heterocycles. The Morgan fingerprint density at radius 2 is 2.03 bits per heavy atom. The Bertz CT molecular complexity index is 642. The van der Waals surface area contributed by atoms with E-state index in [1.165, 1.54) is 18.4 Å². The molecule has 1 atom stereocenters. The third kappa shape index (κ3) is 7.29. The fourth-order valence-electron chi connectivity index (χ4n) is 3.98. The van der Waals surface area contributed by atoms with Crippen molar-refractivity contribution in [3.63, 3.8) is 0 Å². The molecule has 6 nitrogen and oxygen atoms in total. The maximum Gasteiger partial charge on any atom is 0.193 e. The average molecular weight is 517 g/mol. The second-order valence-corrected chi connectivity index (χ2v) is 7.71. The molecular formula is C22H36IN3O3. The van der Waals surface area contributed by atoms with Crippen LogP contribution in [-0.2, 0) is 16.0 Å². The van der Waals surface area contributed by atoms with Crippen molar-refractivity contribution in [3.05, 3.63) is 29.3 Å². The first-order valence-electron chi connectivity index (χ1n) is 10.5. The van der Waals surface area contributed by atoms with Crippen molar-refractivity contribution in [2.75, 3.05) is 40.5 Å². The zero-order valence-corrected chi connectivity index (χ0v) is 20.3. The monoisotopic (exact) mass is 517 g/mol. The zero-order valence-electron chi connectivity index (χ0n) is 18.0. The summed E-state index contributed by atoms with van der Waals surface area (Å²) in [5, 5.41) is 3.49. The van der Waals surface area contributed by atoms with Gasteiger partial charge < -0.3 is 24.4 Å². The zero-order chi connectivity index (χ0) is 19.8.